The lowest BCUT2D eigenvalue weighted by Crippen LogP contribution is -2.58. The SMILES string of the molecule is CCN(CC)C(C)(C[SiH3])N(CC)CC. The largest absolute Gasteiger partial charge is 0.286 e. The summed E-state index contributed by atoms with van der Waals surface area (Å²) < 4.78 is 0. The van der Waals surface area contributed by atoms with E-state index in [1.807, 2.05) is 0 Å². The van der Waals surface area contributed by atoms with E-state index in [1.165, 1.54) is 16.3 Å². The van der Waals surface area contributed by atoms with E-state index in [0.717, 1.165) is 26.2 Å². The molecule has 0 rings (SSSR count). The summed E-state index contributed by atoms with van der Waals surface area (Å²) in [4.78, 5) is 5.18. The smallest absolute Gasteiger partial charge is 0.0676 e. The summed E-state index contributed by atoms with van der Waals surface area (Å²) in [7, 11) is 1.28. The highest BCUT2D eigenvalue weighted by Crippen LogP contribution is 2.23. The number of nitrogens with zero attached hydrogens (tertiary/aromatic N) is 2. The molecule has 2 nitrogen and oxygen atoms in total. The van der Waals surface area contributed by atoms with Crippen molar-refractivity contribution in [3.05, 3.63) is 0 Å². The summed E-state index contributed by atoms with van der Waals surface area (Å²) in [6.07, 6.45) is 0. The first-order chi connectivity index (χ1) is 6.60. The fourth-order valence-electron chi connectivity index (χ4n) is 2.46. The zero-order valence-corrected chi connectivity index (χ0v) is 12.9. The molecule has 0 aromatic rings. The third-order valence-electron chi connectivity index (χ3n) is 3.56. The van der Waals surface area contributed by atoms with Crippen LogP contribution in [0.3, 0.4) is 0 Å². The van der Waals surface area contributed by atoms with E-state index in [-0.39, 0.29) is 0 Å². The van der Waals surface area contributed by atoms with Gasteiger partial charge in [-0.05, 0) is 39.1 Å². The van der Waals surface area contributed by atoms with E-state index in [1.54, 1.807) is 0 Å². The molecule has 0 aliphatic heterocycles. The molecular formula is C11H28N2Si. The van der Waals surface area contributed by atoms with Crippen molar-refractivity contribution in [1.29, 1.82) is 0 Å². The second-order valence-corrected chi connectivity index (χ2v) is 4.62. The molecule has 0 spiro atoms. The monoisotopic (exact) mass is 216 g/mol. The van der Waals surface area contributed by atoms with Crippen LogP contribution in [-0.4, -0.2) is 51.9 Å². The van der Waals surface area contributed by atoms with Gasteiger partial charge in [-0.25, -0.2) is 0 Å². The molecule has 0 unspecified atom stereocenters. The Labute approximate surface area is 93.1 Å². The number of hydrogen-bond donors (Lipinski definition) is 0. The highest BCUT2D eigenvalue weighted by atomic mass is 28.1. The second-order valence-electron chi connectivity index (χ2n) is 3.92. The molecule has 0 aromatic carbocycles. The maximum absolute atomic E-state index is 2.59. The molecule has 0 fully saturated rings. The zero-order chi connectivity index (χ0) is 11.2. The van der Waals surface area contributed by atoms with Gasteiger partial charge in [0.15, 0.2) is 0 Å². The van der Waals surface area contributed by atoms with Crippen LogP contribution in [0.5, 0.6) is 0 Å². The quantitative estimate of drug-likeness (QED) is 0.466. The summed E-state index contributed by atoms with van der Waals surface area (Å²) in [6, 6.07) is 1.33. The van der Waals surface area contributed by atoms with Crippen LogP contribution in [0.2, 0.25) is 6.04 Å². The van der Waals surface area contributed by atoms with E-state index in [2.05, 4.69) is 44.4 Å². The Balaban J connectivity index is 4.72. The molecule has 0 aliphatic carbocycles. The molecule has 3 heteroatoms. The Kier molecular flexibility index (Phi) is 6.65. The van der Waals surface area contributed by atoms with Crippen molar-refractivity contribution >= 4 is 10.2 Å². The van der Waals surface area contributed by atoms with Gasteiger partial charge in [0.2, 0.25) is 0 Å². The normalized spacial score (nSPS) is 13.1. The van der Waals surface area contributed by atoms with Gasteiger partial charge in [-0.2, -0.15) is 0 Å². The summed E-state index contributed by atoms with van der Waals surface area (Å²) in [6.45, 7) is 16.1. The van der Waals surface area contributed by atoms with Crippen molar-refractivity contribution in [1.82, 2.24) is 9.80 Å². The number of rotatable bonds is 7. The standard InChI is InChI=1S/C11H28N2Si/c1-6-12(7-2)11(5,10-14)13(8-3)9-4/h6-10H2,1-5,14H3. The van der Waals surface area contributed by atoms with Crippen molar-refractivity contribution in [3.63, 3.8) is 0 Å². The molecule has 0 amide bonds. The van der Waals surface area contributed by atoms with Gasteiger partial charge in [0.05, 0.1) is 5.66 Å². The second kappa shape index (κ2) is 6.59. The highest BCUT2D eigenvalue weighted by molar-refractivity contribution is 6.09. The van der Waals surface area contributed by atoms with Crippen LogP contribution < -0.4 is 0 Å². The van der Waals surface area contributed by atoms with Crippen LogP contribution in [-0.2, 0) is 0 Å². The predicted octanol–water partition coefficient (Wildman–Crippen LogP) is 1.17. The van der Waals surface area contributed by atoms with E-state index in [0.29, 0.717) is 5.66 Å². The predicted molar refractivity (Wildman–Crippen MR) is 69.0 cm³/mol. The lowest BCUT2D eigenvalue weighted by molar-refractivity contribution is -0.0197. The Hall–Kier alpha value is 0.137. The van der Waals surface area contributed by atoms with Crippen molar-refractivity contribution in [2.24, 2.45) is 0 Å². The minimum absolute atomic E-state index is 0.305. The van der Waals surface area contributed by atoms with Crippen LogP contribution in [0.4, 0.5) is 0 Å². The molecule has 0 N–H and O–H groups in total. The lowest BCUT2D eigenvalue weighted by Gasteiger charge is -2.47. The van der Waals surface area contributed by atoms with Gasteiger partial charge >= 0.3 is 0 Å². The average Bonchev–Trinajstić information content (AvgIpc) is 2.21. The molecular weight excluding hydrogens is 188 g/mol. The maximum atomic E-state index is 2.59. The van der Waals surface area contributed by atoms with E-state index < -0.39 is 0 Å². The summed E-state index contributed by atoms with van der Waals surface area (Å²) in [5.41, 5.74) is 0.305. The Morgan fingerprint density at radius 1 is 0.857 bits per heavy atom. The minimum Gasteiger partial charge on any atom is -0.286 e. The Morgan fingerprint density at radius 2 is 1.14 bits per heavy atom. The molecule has 0 heterocycles. The van der Waals surface area contributed by atoms with Gasteiger partial charge < -0.3 is 0 Å². The molecule has 0 bridgehead atoms. The van der Waals surface area contributed by atoms with Gasteiger partial charge in [0.25, 0.3) is 0 Å². The van der Waals surface area contributed by atoms with Crippen LogP contribution in [0.25, 0.3) is 0 Å². The first-order valence-electron chi connectivity index (χ1n) is 6.10. The minimum atomic E-state index is 0.305. The van der Waals surface area contributed by atoms with Gasteiger partial charge in [-0.15, -0.1) is 0 Å². The average molecular weight is 216 g/mol. The van der Waals surface area contributed by atoms with Crippen molar-refractivity contribution in [2.45, 2.75) is 46.3 Å². The van der Waals surface area contributed by atoms with E-state index in [4.69, 9.17) is 0 Å². The van der Waals surface area contributed by atoms with Crippen molar-refractivity contribution in [3.8, 4) is 0 Å². The fraction of sp³-hybridized carbons (Fsp3) is 1.00. The van der Waals surface area contributed by atoms with Crippen LogP contribution in [0.1, 0.15) is 34.6 Å². The van der Waals surface area contributed by atoms with E-state index in [9.17, 15) is 0 Å². The molecule has 0 atom stereocenters. The van der Waals surface area contributed by atoms with Crippen LogP contribution in [0.15, 0.2) is 0 Å². The summed E-state index contributed by atoms with van der Waals surface area (Å²) in [5.74, 6) is 0. The zero-order valence-electron chi connectivity index (χ0n) is 10.9. The Bertz CT molecular complexity index is 130. The lowest BCUT2D eigenvalue weighted by atomic mass is 10.1. The first-order valence-corrected chi connectivity index (χ1v) is 7.52. The van der Waals surface area contributed by atoms with Crippen LogP contribution >= 0.6 is 0 Å². The van der Waals surface area contributed by atoms with Gasteiger partial charge in [-0.3, -0.25) is 9.80 Å². The molecule has 0 aliphatic rings. The Morgan fingerprint density at radius 3 is 1.29 bits per heavy atom. The van der Waals surface area contributed by atoms with E-state index >= 15 is 0 Å². The fourth-order valence-corrected chi connectivity index (χ4v) is 3.35. The molecule has 0 aromatic heterocycles. The molecule has 14 heavy (non-hydrogen) atoms. The topological polar surface area (TPSA) is 6.48 Å². The van der Waals surface area contributed by atoms with Crippen molar-refractivity contribution < 1.29 is 0 Å². The highest BCUT2D eigenvalue weighted by Gasteiger charge is 2.32. The molecule has 0 saturated heterocycles. The van der Waals surface area contributed by atoms with Gasteiger partial charge in [-0.1, -0.05) is 27.7 Å². The number of hydrogen-bond acceptors (Lipinski definition) is 2. The van der Waals surface area contributed by atoms with Gasteiger partial charge in [0.1, 0.15) is 0 Å². The summed E-state index contributed by atoms with van der Waals surface area (Å²) in [5, 5.41) is 0. The summed E-state index contributed by atoms with van der Waals surface area (Å²) >= 11 is 0. The van der Waals surface area contributed by atoms with Crippen molar-refractivity contribution in [2.75, 3.05) is 26.2 Å². The third-order valence-corrected chi connectivity index (χ3v) is 4.90. The molecule has 0 saturated carbocycles. The van der Waals surface area contributed by atoms with Crippen LogP contribution in [0, 0.1) is 0 Å². The van der Waals surface area contributed by atoms with Gasteiger partial charge in [0, 0.05) is 10.2 Å². The maximum Gasteiger partial charge on any atom is 0.0676 e. The third kappa shape index (κ3) is 2.81. The first kappa shape index (κ1) is 14.1. The molecule has 86 valence electrons. The molecule has 0 radical (unpaired) electrons.